The summed E-state index contributed by atoms with van der Waals surface area (Å²) < 4.78 is 0. The fourth-order valence-corrected chi connectivity index (χ4v) is 4.96. The molecule has 3 fully saturated rings. The number of carbonyl (C=O) groups is 1. The van der Waals surface area contributed by atoms with Gasteiger partial charge in [0.25, 0.3) is 0 Å². The zero-order valence-corrected chi connectivity index (χ0v) is 7.86. The molecule has 0 saturated heterocycles. The number of ketones is 1. The lowest BCUT2D eigenvalue weighted by atomic mass is 9.77. The molecule has 1 heteroatoms. The number of rotatable bonds is 0. The van der Waals surface area contributed by atoms with Crippen molar-refractivity contribution in [1.29, 1.82) is 0 Å². The van der Waals surface area contributed by atoms with Crippen LogP contribution in [0.1, 0.15) is 19.8 Å². The number of carbonyl (C=O) groups excluding carboxylic acids is 1. The summed E-state index contributed by atoms with van der Waals surface area (Å²) in [5.74, 6) is 4.98. The summed E-state index contributed by atoms with van der Waals surface area (Å²) in [6, 6.07) is 0. The van der Waals surface area contributed by atoms with Gasteiger partial charge in [0.15, 0.2) is 0 Å². The van der Waals surface area contributed by atoms with E-state index < -0.39 is 0 Å². The van der Waals surface area contributed by atoms with E-state index in [1.165, 1.54) is 12.0 Å². The maximum Gasteiger partial charge on any atom is 0.137 e. The van der Waals surface area contributed by atoms with Crippen molar-refractivity contribution in [2.24, 2.45) is 35.5 Å². The average molecular weight is 174 g/mol. The van der Waals surface area contributed by atoms with E-state index in [0.717, 1.165) is 30.1 Å². The van der Waals surface area contributed by atoms with Crippen molar-refractivity contribution in [3.8, 4) is 0 Å². The van der Waals surface area contributed by atoms with Gasteiger partial charge in [-0.1, -0.05) is 11.6 Å². The first-order chi connectivity index (χ1) is 6.27. The molecule has 0 aliphatic heterocycles. The Hall–Kier alpha value is -0.590. The Balaban J connectivity index is 1.96. The second-order valence-electron chi connectivity index (χ2n) is 5.44. The molecular weight excluding hydrogens is 160 g/mol. The first kappa shape index (κ1) is 6.80. The van der Waals surface area contributed by atoms with Gasteiger partial charge in [0, 0.05) is 12.3 Å². The topological polar surface area (TPSA) is 17.1 Å². The van der Waals surface area contributed by atoms with E-state index in [-0.39, 0.29) is 0 Å². The van der Waals surface area contributed by atoms with Gasteiger partial charge in [-0.05, 0) is 42.9 Å². The Kier molecular flexibility index (Phi) is 0.928. The molecular formula is C12H14O. The van der Waals surface area contributed by atoms with Crippen molar-refractivity contribution >= 4 is 5.78 Å². The van der Waals surface area contributed by atoms with Crippen LogP contribution < -0.4 is 0 Å². The predicted molar refractivity (Wildman–Crippen MR) is 48.9 cm³/mol. The van der Waals surface area contributed by atoms with Gasteiger partial charge in [0.2, 0.25) is 0 Å². The van der Waals surface area contributed by atoms with Gasteiger partial charge in [0.05, 0.1) is 0 Å². The number of hydrogen-bond donors (Lipinski definition) is 0. The number of fused-ring (bicyclic) bond motifs is 2. The van der Waals surface area contributed by atoms with Crippen molar-refractivity contribution in [3.05, 3.63) is 11.6 Å². The molecule has 1 nitrogen and oxygen atoms in total. The van der Waals surface area contributed by atoms with Gasteiger partial charge in [-0.15, -0.1) is 0 Å². The highest BCUT2D eigenvalue weighted by atomic mass is 16.1. The van der Waals surface area contributed by atoms with Crippen LogP contribution in [0, 0.1) is 35.5 Å². The molecule has 6 unspecified atom stereocenters. The summed E-state index contributed by atoms with van der Waals surface area (Å²) in [5, 5.41) is 0. The summed E-state index contributed by atoms with van der Waals surface area (Å²) in [6.07, 6.45) is 4.77. The summed E-state index contributed by atoms with van der Waals surface area (Å²) in [6.45, 7) is 2.24. The van der Waals surface area contributed by atoms with Crippen molar-refractivity contribution < 1.29 is 4.79 Å². The Morgan fingerprint density at radius 3 is 2.92 bits per heavy atom. The van der Waals surface area contributed by atoms with Gasteiger partial charge in [0.1, 0.15) is 5.78 Å². The SMILES string of the molecule is CC1=CC2C3CC(=O)C4C3CC2C14. The minimum absolute atomic E-state index is 0.463. The molecule has 0 radical (unpaired) electrons. The molecule has 3 saturated carbocycles. The third-order valence-corrected chi connectivity index (χ3v) is 5.18. The van der Waals surface area contributed by atoms with E-state index >= 15 is 0 Å². The zero-order chi connectivity index (χ0) is 8.74. The van der Waals surface area contributed by atoms with Crippen LogP contribution in [0.25, 0.3) is 0 Å². The van der Waals surface area contributed by atoms with Gasteiger partial charge in [-0.25, -0.2) is 0 Å². The minimum atomic E-state index is 0.463. The van der Waals surface area contributed by atoms with Crippen LogP contribution in [0.4, 0.5) is 0 Å². The van der Waals surface area contributed by atoms with Gasteiger partial charge < -0.3 is 0 Å². The zero-order valence-electron chi connectivity index (χ0n) is 7.86. The molecule has 2 bridgehead atoms. The number of Topliss-reactive ketones (excluding diaryl/α,β-unsaturated/α-hetero) is 1. The molecule has 0 spiro atoms. The van der Waals surface area contributed by atoms with E-state index in [9.17, 15) is 4.79 Å². The Morgan fingerprint density at radius 2 is 2.08 bits per heavy atom. The molecule has 0 heterocycles. The smallest absolute Gasteiger partial charge is 0.137 e. The molecule has 68 valence electrons. The van der Waals surface area contributed by atoms with Crippen LogP contribution in [0.2, 0.25) is 0 Å². The van der Waals surface area contributed by atoms with E-state index in [4.69, 9.17) is 0 Å². The third kappa shape index (κ3) is 0.536. The first-order valence-electron chi connectivity index (χ1n) is 5.48. The van der Waals surface area contributed by atoms with E-state index in [2.05, 4.69) is 13.0 Å². The van der Waals surface area contributed by atoms with Crippen molar-refractivity contribution in [2.75, 3.05) is 0 Å². The monoisotopic (exact) mass is 174 g/mol. The standard InChI is InChI=1S/C12H14O/c1-5-2-6-7-4-10(13)12-9(7)3-8(6)11(5)12/h2,6-9,11-12H,3-4H2,1H3. The fraction of sp³-hybridized carbons (Fsp3) is 0.750. The molecule has 0 aromatic carbocycles. The summed E-state index contributed by atoms with van der Waals surface area (Å²) >= 11 is 0. The van der Waals surface area contributed by atoms with Gasteiger partial charge in [-0.3, -0.25) is 4.79 Å². The Bertz CT molecular complexity index is 341. The Labute approximate surface area is 78.2 Å². The second kappa shape index (κ2) is 1.77. The molecule has 6 atom stereocenters. The molecule has 4 aliphatic rings. The number of hydrogen-bond acceptors (Lipinski definition) is 1. The van der Waals surface area contributed by atoms with E-state index in [0.29, 0.717) is 17.6 Å². The maximum atomic E-state index is 11.8. The van der Waals surface area contributed by atoms with Gasteiger partial charge >= 0.3 is 0 Å². The first-order valence-corrected chi connectivity index (χ1v) is 5.48. The van der Waals surface area contributed by atoms with Crippen LogP contribution in [0.3, 0.4) is 0 Å². The average Bonchev–Trinajstić information content (AvgIpc) is 2.67. The quantitative estimate of drug-likeness (QED) is 0.513. The lowest BCUT2D eigenvalue weighted by Gasteiger charge is -2.25. The third-order valence-electron chi connectivity index (χ3n) is 5.18. The second-order valence-corrected chi connectivity index (χ2v) is 5.44. The van der Waals surface area contributed by atoms with Crippen LogP contribution >= 0.6 is 0 Å². The molecule has 4 rings (SSSR count). The minimum Gasteiger partial charge on any atom is -0.299 e. The fourth-order valence-electron chi connectivity index (χ4n) is 4.96. The van der Waals surface area contributed by atoms with Crippen molar-refractivity contribution in [2.45, 2.75) is 19.8 Å². The normalized spacial score (nSPS) is 60.7. The highest BCUT2D eigenvalue weighted by Crippen LogP contribution is 2.68. The maximum absolute atomic E-state index is 11.8. The van der Waals surface area contributed by atoms with E-state index in [1.807, 2.05) is 0 Å². The summed E-state index contributed by atoms with van der Waals surface area (Å²) in [5.41, 5.74) is 1.54. The highest BCUT2D eigenvalue weighted by molar-refractivity contribution is 5.86. The highest BCUT2D eigenvalue weighted by Gasteiger charge is 2.65. The largest absolute Gasteiger partial charge is 0.299 e. The predicted octanol–water partition coefficient (Wildman–Crippen LogP) is 2.03. The van der Waals surface area contributed by atoms with Crippen LogP contribution in [-0.4, -0.2) is 5.78 Å². The number of allylic oxidation sites excluding steroid dienone is 2. The van der Waals surface area contributed by atoms with Crippen molar-refractivity contribution in [1.82, 2.24) is 0 Å². The summed E-state index contributed by atoms with van der Waals surface area (Å²) in [7, 11) is 0. The van der Waals surface area contributed by atoms with Crippen LogP contribution in [0.15, 0.2) is 11.6 Å². The van der Waals surface area contributed by atoms with Crippen LogP contribution in [0.5, 0.6) is 0 Å². The van der Waals surface area contributed by atoms with Gasteiger partial charge in [-0.2, -0.15) is 0 Å². The summed E-state index contributed by atoms with van der Waals surface area (Å²) in [4.78, 5) is 11.8. The Morgan fingerprint density at radius 1 is 1.23 bits per heavy atom. The van der Waals surface area contributed by atoms with Crippen LogP contribution in [-0.2, 0) is 4.79 Å². The molecule has 4 aliphatic carbocycles. The lowest BCUT2D eigenvalue weighted by Crippen LogP contribution is -2.25. The lowest BCUT2D eigenvalue weighted by molar-refractivity contribution is -0.121. The van der Waals surface area contributed by atoms with E-state index in [1.54, 1.807) is 0 Å². The van der Waals surface area contributed by atoms with Crippen molar-refractivity contribution in [3.63, 3.8) is 0 Å². The molecule has 13 heavy (non-hydrogen) atoms. The molecule has 0 aromatic rings. The molecule has 0 aromatic heterocycles. The molecule has 0 amide bonds. The molecule has 0 N–H and O–H groups in total.